The van der Waals surface area contributed by atoms with Crippen LogP contribution in [0.4, 0.5) is 19.0 Å². The van der Waals surface area contributed by atoms with Crippen molar-refractivity contribution < 1.29 is 17.9 Å². The number of halogens is 4. The van der Waals surface area contributed by atoms with Gasteiger partial charge in [-0.05, 0) is 22.0 Å². The second kappa shape index (κ2) is 4.23. The quantitative estimate of drug-likeness (QED) is 0.869. The van der Waals surface area contributed by atoms with Crippen molar-refractivity contribution in [1.29, 1.82) is 0 Å². The van der Waals surface area contributed by atoms with E-state index in [-0.39, 0.29) is 16.8 Å². The van der Waals surface area contributed by atoms with Gasteiger partial charge in [0.2, 0.25) is 0 Å². The van der Waals surface area contributed by atoms with Crippen LogP contribution in [0.15, 0.2) is 10.5 Å². The summed E-state index contributed by atoms with van der Waals surface area (Å²) in [5.41, 5.74) is 10.9. The number of hydrogen-bond acceptors (Lipinski definition) is 4. The minimum absolute atomic E-state index is 0.0628. The predicted octanol–water partition coefficient (Wildman–Crippen LogP) is 1.78. The van der Waals surface area contributed by atoms with Crippen molar-refractivity contribution in [2.75, 3.05) is 5.73 Å². The van der Waals surface area contributed by atoms with Crippen LogP contribution in [0.3, 0.4) is 0 Å². The summed E-state index contributed by atoms with van der Waals surface area (Å²) < 4.78 is 39.5. The van der Waals surface area contributed by atoms with Crippen LogP contribution in [0.25, 0.3) is 0 Å². The summed E-state index contributed by atoms with van der Waals surface area (Å²) in [5.74, 6) is -0.915. The highest BCUT2D eigenvalue weighted by molar-refractivity contribution is 9.10. The molecule has 0 aromatic carbocycles. The normalized spacial score (nSPS) is 11.5. The molecular formula is C7H7BrF3N3O. The first kappa shape index (κ1) is 12.1. The van der Waals surface area contributed by atoms with Crippen molar-refractivity contribution in [2.45, 2.75) is 12.9 Å². The van der Waals surface area contributed by atoms with Gasteiger partial charge in [-0.2, -0.15) is 0 Å². The lowest BCUT2D eigenvalue weighted by molar-refractivity contribution is -0.274. The Bertz CT molecular complexity index is 346. The summed E-state index contributed by atoms with van der Waals surface area (Å²) in [6.45, 7) is 0.0785. The smallest absolute Gasteiger partial charge is 0.401 e. The molecule has 0 radical (unpaired) electrons. The van der Waals surface area contributed by atoms with Gasteiger partial charge in [0.25, 0.3) is 0 Å². The SMILES string of the molecule is NCc1cc(Br)c(OC(F)(F)F)c(N)n1. The molecule has 8 heteroatoms. The molecule has 0 fully saturated rings. The molecule has 1 heterocycles. The first-order valence-electron chi connectivity index (χ1n) is 3.74. The highest BCUT2D eigenvalue weighted by Gasteiger charge is 2.33. The Hall–Kier alpha value is -1.02. The van der Waals surface area contributed by atoms with Gasteiger partial charge in [0.05, 0.1) is 10.2 Å². The van der Waals surface area contributed by atoms with Crippen molar-refractivity contribution in [3.8, 4) is 5.75 Å². The van der Waals surface area contributed by atoms with Crippen LogP contribution in [-0.2, 0) is 6.54 Å². The van der Waals surface area contributed by atoms with Gasteiger partial charge in [0.1, 0.15) is 0 Å². The third kappa shape index (κ3) is 3.24. The van der Waals surface area contributed by atoms with Crippen LogP contribution >= 0.6 is 15.9 Å². The zero-order valence-electron chi connectivity index (χ0n) is 7.31. The van der Waals surface area contributed by atoms with Crippen LogP contribution in [0.1, 0.15) is 5.69 Å². The van der Waals surface area contributed by atoms with Gasteiger partial charge in [-0.25, -0.2) is 4.98 Å². The van der Waals surface area contributed by atoms with Crippen molar-refractivity contribution >= 4 is 21.7 Å². The molecule has 1 aromatic rings. The Kier molecular flexibility index (Phi) is 3.40. The van der Waals surface area contributed by atoms with Gasteiger partial charge in [0, 0.05) is 6.54 Å². The second-order valence-electron chi connectivity index (χ2n) is 2.56. The molecule has 0 atom stereocenters. The van der Waals surface area contributed by atoms with Crippen LogP contribution in [0, 0.1) is 0 Å². The van der Waals surface area contributed by atoms with E-state index in [1.807, 2.05) is 0 Å². The van der Waals surface area contributed by atoms with E-state index in [0.717, 1.165) is 0 Å². The van der Waals surface area contributed by atoms with Gasteiger partial charge in [-0.3, -0.25) is 0 Å². The molecule has 1 aromatic heterocycles. The van der Waals surface area contributed by atoms with E-state index in [2.05, 4.69) is 25.7 Å². The van der Waals surface area contributed by atoms with Gasteiger partial charge >= 0.3 is 6.36 Å². The maximum absolute atomic E-state index is 11.9. The number of alkyl halides is 3. The van der Waals surface area contributed by atoms with Crippen molar-refractivity contribution in [3.63, 3.8) is 0 Å². The van der Waals surface area contributed by atoms with E-state index in [1.165, 1.54) is 6.07 Å². The van der Waals surface area contributed by atoms with Gasteiger partial charge in [-0.1, -0.05) is 0 Å². The maximum atomic E-state index is 11.9. The van der Waals surface area contributed by atoms with Crippen molar-refractivity contribution in [1.82, 2.24) is 4.98 Å². The first-order valence-corrected chi connectivity index (χ1v) is 4.53. The molecule has 4 N–H and O–H groups in total. The fourth-order valence-electron chi connectivity index (χ4n) is 0.893. The third-order valence-electron chi connectivity index (χ3n) is 1.43. The molecule has 0 aliphatic rings. The minimum Gasteiger partial charge on any atom is -0.401 e. The first-order chi connectivity index (χ1) is 6.83. The van der Waals surface area contributed by atoms with E-state index >= 15 is 0 Å². The monoisotopic (exact) mass is 285 g/mol. The number of nitrogens with two attached hydrogens (primary N) is 2. The standard InChI is InChI=1S/C7H7BrF3N3O/c8-4-1-3(2-12)14-6(13)5(4)15-7(9,10)11/h1H,2,12H2,(H2,13,14). The van der Waals surface area contributed by atoms with E-state index in [0.29, 0.717) is 5.69 Å². The highest BCUT2D eigenvalue weighted by Crippen LogP contribution is 2.34. The third-order valence-corrected chi connectivity index (χ3v) is 2.02. The molecule has 0 saturated heterocycles. The summed E-state index contributed by atoms with van der Waals surface area (Å²) >= 11 is 2.89. The molecule has 4 nitrogen and oxygen atoms in total. The largest absolute Gasteiger partial charge is 0.573 e. The fraction of sp³-hybridized carbons (Fsp3) is 0.286. The van der Waals surface area contributed by atoms with Gasteiger partial charge in [0.15, 0.2) is 11.6 Å². The Labute approximate surface area is 91.5 Å². The topological polar surface area (TPSA) is 74.2 Å². The molecule has 15 heavy (non-hydrogen) atoms. The molecule has 0 saturated carbocycles. The number of nitrogens with zero attached hydrogens (tertiary/aromatic N) is 1. The average Bonchev–Trinajstić information content (AvgIpc) is 2.09. The lowest BCUT2D eigenvalue weighted by Crippen LogP contribution is -2.19. The number of hydrogen-bond donors (Lipinski definition) is 2. The summed E-state index contributed by atoms with van der Waals surface area (Å²) in [5, 5.41) is 0. The van der Waals surface area contributed by atoms with Crippen LogP contribution in [-0.4, -0.2) is 11.3 Å². The number of rotatable bonds is 2. The van der Waals surface area contributed by atoms with E-state index in [9.17, 15) is 13.2 Å². The zero-order valence-corrected chi connectivity index (χ0v) is 8.89. The predicted molar refractivity (Wildman–Crippen MR) is 50.9 cm³/mol. The molecule has 0 aliphatic carbocycles. The Morgan fingerprint density at radius 2 is 2.07 bits per heavy atom. The van der Waals surface area contributed by atoms with E-state index in [4.69, 9.17) is 11.5 Å². The van der Waals surface area contributed by atoms with Crippen molar-refractivity contribution in [2.24, 2.45) is 5.73 Å². The maximum Gasteiger partial charge on any atom is 0.573 e. The zero-order chi connectivity index (χ0) is 11.6. The lowest BCUT2D eigenvalue weighted by atomic mass is 10.3. The molecule has 0 amide bonds. The van der Waals surface area contributed by atoms with Crippen molar-refractivity contribution in [3.05, 3.63) is 16.2 Å². The second-order valence-corrected chi connectivity index (χ2v) is 3.42. The molecule has 0 aliphatic heterocycles. The summed E-state index contributed by atoms with van der Waals surface area (Å²) in [6, 6.07) is 1.32. The molecular weight excluding hydrogens is 279 g/mol. The van der Waals surface area contributed by atoms with E-state index < -0.39 is 12.1 Å². The van der Waals surface area contributed by atoms with E-state index in [1.54, 1.807) is 0 Å². The average molecular weight is 286 g/mol. The molecule has 0 bridgehead atoms. The Morgan fingerprint density at radius 3 is 2.47 bits per heavy atom. The minimum atomic E-state index is -4.80. The summed E-state index contributed by atoms with van der Waals surface area (Å²) in [7, 11) is 0. The highest BCUT2D eigenvalue weighted by atomic mass is 79.9. The van der Waals surface area contributed by atoms with Gasteiger partial charge in [-0.15, -0.1) is 13.2 Å². The fourth-order valence-corrected chi connectivity index (χ4v) is 1.44. The van der Waals surface area contributed by atoms with Gasteiger partial charge < -0.3 is 16.2 Å². The molecule has 0 unspecified atom stereocenters. The Morgan fingerprint density at radius 1 is 1.47 bits per heavy atom. The van der Waals surface area contributed by atoms with Crippen LogP contribution < -0.4 is 16.2 Å². The number of pyridine rings is 1. The Balaban J connectivity index is 3.09. The number of nitrogen functional groups attached to an aromatic ring is 1. The molecule has 84 valence electrons. The summed E-state index contributed by atoms with van der Waals surface area (Å²) in [6.07, 6.45) is -4.80. The van der Waals surface area contributed by atoms with Crippen LogP contribution in [0.5, 0.6) is 5.75 Å². The summed E-state index contributed by atoms with van der Waals surface area (Å²) in [4.78, 5) is 3.63. The number of aromatic nitrogens is 1. The van der Waals surface area contributed by atoms with Crippen LogP contribution in [0.2, 0.25) is 0 Å². The number of anilines is 1. The molecule has 0 spiro atoms. The number of ether oxygens (including phenoxy) is 1. The molecule has 1 rings (SSSR count). The lowest BCUT2D eigenvalue weighted by Gasteiger charge is -2.12.